The Labute approximate surface area is 124 Å². The fourth-order valence-electron chi connectivity index (χ4n) is 2.25. The Kier molecular flexibility index (Phi) is 4.22. The van der Waals surface area contributed by atoms with E-state index in [9.17, 15) is 4.79 Å². The second-order valence-electron chi connectivity index (χ2n) is 6.49. The number of hydrogen-bond acceptors (Lipinski definition) is 5. The van der Waals surface area contributed by atoms with Crippen LogP contribution in [0.3, 0.4) is 0 Å². The van der Waals surface area contributed by atoms with E-state index in [1.165, 1.54) is 11.3 Å². The number of aromatic nitrogens is 1. The third-order valence-corrected chi connectivity index (χ3v) is 4.65. The maximum Gasteiger partial charge on any atom is 0.267 e. The maximum atomic E-state index is 12.5. The van der Waals surface area contributed by atoms with E-state index >= 15 is 0 Å². The van der Waals surface area contributed by atoms with Gasteiger partial charge in [0.05, 0.1) is 0 Å². The van der Waals surface area contributed by atoms with E-state index in [1.54, 1.807) is 0 Å². The molecule has 20 heavy (non-hydrogen) atoms. The number of carbonyl (C=O) groups is 1. The molecule has 1 amide bonds. The predicted octanol–water partition coefficient (Wildman–Crippen LogP) is 2.81. The standard InChI is InChI=1S/C14H24N4OS/c1-9(2)16-13-17-11(15)10(20-13)12(19)18-7-5-14(3,4)6-8-18/h9H,5-8,15H2,1-4H3,(H,16,17). The number of anilines is 2. The van der Waals surface area contributed by atoms with Crippen molar-refractivity contribution in [2.24, 2.45) is 5.41 Å². The zero-order valence-corrected chi connectivity index (χ0v) is 13.5. The van der Waals surface area contributed by atoms with E-state index in [1.807, 2.05) is 18.7 Å². The SMILES string of the molecule is CC(C)Nc1nc(N)c(C(=O)N2CCC(C)(C)CC2)s1. The van der Waals surface area contributed by atoms with E-state index in [0.29, 0.717) is 16.1 Å². The number of nitrogens with zero attached hydrogens (tertiary/aromatic N) is 2. The van der Waals surface area contributed by atoms with Crippen molar-refractivity contribution in [1.29, 1.82) is 0 Å². The Morgan fingerprint density at radius 1 is 1.40 bits per heavy atom. The van der Waals surface area contributed by atoms with Gasteiger partial charge in [0.2, 0.25) is 0 Å². The largest absolute Gasteiger partial charge is 0.382 e. The number of likely N-dealkylation sites (tertiary alicyclic amines) is 1. The lowest BCUT2D eigenvalue weighted by Gasteiger charge is -2.36. The van der Waals surface area contributed by atoms with Gasteiger partial charge in [0, 0.05) is 19.1 Å². The van der Waals surface area contributed by atoms with Gasteiger partial charge in [-0.05, 0) is 32.1 Å². The smallest absolute Gasteiger partial charge is 0.267 e. The number of thiazole rings is 1. The molecule has 0 bridgehead atoms. The van der Waals surface area contributed by atoms with E-state index in [4.69, 9.17) is 5.73 Å². The molecule has 0 atom stereocenters. The second kappa shape index (κ2) is 5.60. The van der Waals surface area contributed by atoms with Crippen LogP contribution in [-0.2, 0) is 0 Å². The highest BCUT2D eigenvalue weighted by Gasteiger charge is 2.30. The van der Waals surface area contributed by atoms with Gasteiger partial charge in [-0.3, -0.25) is 4.79 Å². The molecule has 0 aromatic carbocycles. The lowest BCUT2D eigenvalue weighted by atomic mass is 9.82. The van der Waals surface area contributed by atoms with Crippen LogP contribution in [-0.4, -0.2) is 34.9 Å². The number of nitrogens with one attached hydrogen (secondary N) is 1. The van der Waals surface area contributed by atoms with Crippen LogP contribution in [0, 0.1) is 5.41 Å². The summed E-state index contributed by atoms with van der Waals surface area (Å²) in [4.78, 5) is 19.2. The second-order valence-corrected chi connectivity index (χ2v) is 7.49. The Morgan fingerprint density at radius 2 is 2.00 bits per heavy atom. The topological polar surface area (TPSA) is 71.2 Å². The van der Waals surface area contributed by atoms with Gasteiger partial charge < -0.3 is 16.0 Å². The highest BCUT2D eigenvalue weighted by molar-refractivity contribution is 7.18. The molecule has 1 aromatic heterocycles. The van der Waals surface area contributed by atoms with Crippen LogP contribution >= 0.6 is 11.3 Å². The lowest BCUT2D eigenvalue weighted by Crippen LogP contribution is -2.41. The molecule has 1 fully saturated rings. The molecular formula is C14H24N4OS. The number of piperidine rings is 1. The van der Waals surface area contributed by atoms with Crippen molar-refractivity contribution in [3.8, 4) is 0 Å². The van der Waals surface area contributed by atoms with Crippen molar-refractivity contribution < 1.29 is 4.79 Å². The van der Waals surface area contributed by atoms with Crippen molar-refractivity contribution in [2.45, 2.75) is 46.6 Å². The molecule has 0 unspecified atom stereocenters. The molecular weight excluding hydrogens is 272 g/mol. The molecule has 0 spiro atoms. The van der Waals surface area contributed by atoms with Crippen LogP contribution in [0.15, 0.2) is 0 Å². The number of nitrogens with two attached hydrogens (primary N) is 1. The van der Waals surface area contributed by atoms with Gasteiger partial charge in [-0.15, -0.1) is 0 Å². The van der Waals surface area contributed by atoms with Crippen LogP contribution in [0.4, 0.5) is 10.9 Å². The number of amides is 1. The predicted molar refractivity (Wildman–Crippen MR) is 84.2 cm³/mol. The Balaban J connectivity index is 2.08. The first-order valence-corrected chi connectivity index (χ1v) is 7.92. The molecule has 0 radical (unpaired) electrons. The molecule has 3 N–H and O–H groups in total. The van der Waals surface area contributed by atoms with Crippen molar-refractivity contribution in [3.63, 3.8) is 0 Å². The monoisotopic (exact) mass is 296 g/mol. The molecule has 1 aromatic rings. The van der Waals surface area contributed by atoms with Crippen molar-refractivity contribution in [3.05, 3.63) is 4.88 Å². The quantitative estimate of drug-likeness (QED) is 0.899. The summed E-state index contributed by atoms with van der Waals surface area (Å²) in [6.07, 6.45) is 2.07. The molecule has 5 nitrogen and oxygen atoms in total. The summed E-state index contributed by atoms with van der Waals surface area (Å²) in [5, 5.41) is 3.91. The Bertz CT molecular complexity index is 485. The van der Waals surface area contributed by atoms with Gasteiger partial charge in [-0.25, -0.2) is 4.98 Å². The van der Waals surface area contributed by atoms with Crippen LogP contribution in [0.5, 0.6) is 0 Å². The first kappa shape index (κ1) is 15.1. The summed E-state index contributed by atoms with van der Waals surface area (Å²) in [5.74, 6) is 0.361. The zero-order valence-electron chi connectivity index (χ0n) is 12.7. The number of carbonyl (C=O) groups excluding carboxylic acids is 1. The van der Waals surface area contributed by atoms with E-state index in [-0.39, 0.29) is 11.9 Å². The molecule has 0 saturated carbocycles. The van der Waals surface area contributed by atoms with E-state index in [0.717, 1.165) is 31.1 Å². The molecule has 1 aliphatic heterocycles. The van der Waals surface area contributed by atoms with Crippen LogP contribution in [0.1, 0.15) is 50.2 Å². The summed E-state index contributed by atoms with van der Waals surface area (Å²) in [5.41, 5.74) is 6.22. The minimum atomic E-state index is 0.0207. The van der Waals surface area contributed by atoms with Gasteiger partial charge >= 0.3 is 0 Å². The summed E-state index contributed by atoms with van der Waals surface area (Å²) >= 11 is 1.35. The molecule has 112 valence electrons. The number of nitrogen functional groups attached to an aromatic ring is 1. The molecule has 6 heteroatoms. The van der Waals surface area contributed by atoms with Gasteiger partial charge in [-0.1, -0.05) is 25.2 Å². The normalized spacial score (nSPS) is 18.4. The minimum absolute atomic E-state index is 0.0207. The highest BCUT2D eigenvalue weighted by Crippen LogP contribution is 2.32. The Hall–Kier alpha value is -1.30. The van der Waals surface area contributed by atoms with Crippen LogP contribution < -0.4 is 11.1 Å². The lowest BCUT2D eigenvalue weighted by molar-refractivity contribution is 0.0636. The third-order valence-electron chi connectivity index (χ3n) is 3.66. The van der Waals surface area contributed by atoms with E-state index < -0.39 is 0 Å². The van der Waals surface area contributed by atoms with Crippen LogP contribution in [0.2, 0.25) is 0 Å². The highest BCUT2D eigenvalue weighted by atomic mass is 32.1. The molecule has 2 heterocycles. The summed E-state index contributed by atoms with van der Waals surface area (Å²) in [7, 11) is 0. The van der Waals surface area contributed by atoms with Gasteiger partial charge in [0.25, 0.3) is 5.91 Å². The van der Waals surface area contributed by atoms with E-state index in [2.05, 4.69) is 24.1 Å². The van der Waals surface area contributed by atoms with Crippen molar-refractivity contribution >= 4 is 28.2 Å². The van der Waals surface area contributed by atoms with Crippen LogP contribution in [0.25, 0.3) is 0 Å². The average molecular weight is 296 g/mol. The minimum Gasteiger partial charge on any atom is -0.382 e. The number of hydrogen-bond donors (Lipinski definition) is 2. The molecule has 1 aliphatic rings. The fraction of sp³-hybridized carbons (Fsp3) is 0.714. The Morgan fingerprint density at radius 3 is 2.55 bits per heavy atom. The summed E-state index contributed by atoms with van der Waals surface area (Å²) in [6, 6.07) is 0.277. The molecule has 1 saturated heterocycles. The van der Waals surface area contributed by atoms with Gasteiger partial charge in [0.1, 0.15) is 10.7 Å². The average Bonchev–Trinajstić information content (AvgIpc) is 2.68. The molecule has 0 aliphatic carbocycles. The zero-order chi connectivity index (χ0) is 14.9. The van der Waals surface area contributed by atoms with Crippen molar-refractivity contribution in [1.82, 2.24) is 9.88 Å². The maximum absolute atomic E-state index is 12.5. The molecule has 2 rings (SSSR count). The first-order valence-electron chi connectivity index (χ1n) is 7.10. The van der Waals surface area contributed by atoms with Gasteiger partial charge in [-0.2, -0.15) is 0 Å². The fourth-order valence-corrected chi connectivity index (χ4v) is 3.25. The third kappa shape index (κ3) is 3.42. The first-order chi connectivity index (χ1) is 9.28. The van der Waals surface area contributed by atoms with Gasteiger partial charge in [0.15, 0.2) is 5.13 Å². The van der Waals surface area contributed by atoms with Crippen molar-refractivity contribution in [2.75, 3.05) is 24.1 Å². The summed E-state index contributed by atoms with van der Waals surface area (Å²) in [6.45, 7) is 10.2. The summed E-state index contributed by atoms with van der Waals surface area (Å²) < 4.78 is 0. The number of rotatable bonds is 3.